The van der Waals surface area contributed by atoms with E-state index in [-0.39, 0.29) is 18.4 Å². The van der Waals surface area contributed by atoms with Crippen molar-refractivity contribution in [2.24, 2.45) is 0 Å². The molecule has 4 nitrogen and oxygen atoms in total. The third-order valence-electron chi connectivity index (χ3n) is 3.45. The van der Waals surface area contributed by atoms with Crippen LogP contribution in [-0.2, 0) is 16.0 Å². The van der Waals surface area contributed by atoms with Gasteiger partial charge in [0.2, 0.25) is 11.8 Å². The molecule has 0 aliphatic carbocycles. The molecule has 2 amide bonds. The van der Waals surface area contributed by atoms with Gasteiger partial charge >= 0.3 is 0 Å². The van der Waals surface area contributed by atoms with Gasteiger partial charge < -0.3 is 10.2 Å². The Hall–Kier alpha value is -2.33. The van der Waals surface area contributed by atoms with Gasteiger partial charge in [-0.3, -0.25) is 9.59 Å². The van der Waals surface area contributed by atoms with Gasteiger partial charge in [0.15, 0.2) is 0 Å². The predicted molar refractivity (Wildman–Crippen MR) is 93.9 cm³/mol. The van der Waals surface area contributed by atoms with Crippen molar-refractivity contribution < 1.29 is 9.59 Å². The molecule has 2 aromatic rings. The van der Waals surface area contributed by atoms with Gasteiger partial charge in [0.05, 0.1) is 0 Å². The number of halogens is 1. The van der Waals surface area contributed by atoms with E-state index in [9.17, 15) is 9.59 Å². The third kappa shape index (κ3) is 4.83. The lowest BCUT2D eigenvalue weighted by molar-refractivity contribution is -0.120. The second-order valence-electron chi connectivity index (χ2n) is 5.18. The number of nitrogens with zero attached hydrogens (tertiary/aromatic N) is 1. The number of hydrogen-bond donors (Lipinski definition) is 1. The Balaban J connectivity index is 2.07. The fourth-order valence-electron chi connectivity index (χ4n) is 2.20. The van der Waals surface area contributed by atoms with Crippen LogP contribution in [0.15, 0.2) is 48.5 Å². The smallest absolute Gasteiger partial charge is 0.244 e. The molecule has 5 heteroatoms. The van der Waals surface area contributed by atoms with Crippen LogP contribution in [0.1, 0.15) is 19.4 Å². The van der Waals surface area contributed by atoms with Gasteiger partial charge in [0.1, 0.15) is 6.54 Å². The van der Waals surface area contributed by atoms with Crippen molar-refractivity contribution in [3.8, 4) is 0 Å². The molecule has 0 aromatic heterocycles. The maximum atomic E-state index is 12.2. The minimum absolute atomic E-state index is 0.0643. The first-order valence-corrected chi connectivity index (χ1v) is 7.80. The molecule has 0 unspecified atom stereocenters. The molecule has 2 rings (SSSR count). The Bertz CT molecular complexity index is 698. The molecule has 0 saturated carbocycles. The average Bonchev–Trinajstić information content (AvgIpc) is 2.53. The maximum Gasteiger partial charge on any atom is 0.244 e. The van der Waals surface area contributed by atoms with Crippen LogP contribution in [0.3, 0.4) is 0 Å². The summed E-state index contributed by atoms with van der Waals surface area (Å²) in [5.41, 5.74) is 2.51. The molecule has 0 fully saturated rings. The van der Waals surface area contributed by atoms with Crippen molar-refractivity contribution in [3.05, 3.63) is 59.1 Å². The molecule has 0 atom stereocenters. The van der Waals surface area contributed by atoms with E-state index in [0.29, 0.717) is 16.4 Å². The molecule has 0 spiro atoms. The number of carbonyl (C=O) groups is 2. The van der Waals surface area contributed by atoms with Gasteiger partial charge in [0.25, 0.3) is 0 Å². The number of aryl methyl sites for hydroxylation is 1. The summed E-state index contributed by atoms with van der Waals surface area (Å²) in [6, 6.07) is 14.5. The highest BCUT2D eigenvalue weighted by molar-refractivity contribution is 6.31. The van der Waals surface area contributed by atoms with Crippen LogP contribution in [0.2, 0.25) is 5.02 Å². The van der Waals surface area contributed by atoms with E-state index in [2.05, 4.69) is 12.2 Å². The molecular formula is C18H19ClN2O2. The predicted octanol–water partition coefficient (Wildman–Crippen LogP) is 3.89. The zero-order valence-electron chi connectivity index (χ0n) is 13.2. The lowest BCUT2D eigenvalue weighted by Gasteiger charge is -2.21. The molecule has 0 radical (unpaired) electrons. The minimum atomic E-state index is -0.260. The van der Waals surface area contributed by atoms with E-state index in [0.717, 1.165) is 6.42 Å². The molecule has 0 aliphatic rings. The lowest BCUT2D eigenvalue weighted by atomic mass is 10.1. The highest BCUT2D eigenvalue weighted by atomic mass is 35.5. The van der Waals surface area contributed by atoms with Gasteiger partial charge in [-0.25, -0.2) is 0 Å². The maximum absolute atomic E-state index is 12.2. The van der Waals surface area contributed by atoms with Crippen molar-refractivity contribution in [2.75, 3.05) is 16.8 Å². The Morgan fingerprint density at radius 3 is 2.39 bits per heavy atom. The fourth-order valence-corrected chi connectivity index (χ4v) is 2.38. The first-order valence-electron chi connectivity index (χ1n) is 7.42. The molecule has 120 valence electrons. The van der Waals surface area contributed by atoms with Gasteiger partial charge in [-0.15, -0.1) is 0 Å². The quantitative estimate of drug-likeness (QED) is 0.904. The fraction of sp³-hybridized carbons (Fsp3) is 0.222. The van der Waals surface area contributed by atoms with E-state index < -0.39 is 0 Å². The van der Waals surface area contributed by atoms with Crippen LogP contribution in [0, 0.1) is 0 Å². The summed E-state index contributed by atoms with van der Waals surface area (Å²) in [6.45, 7) is 3.43. The molecule has 0 bridgehead atoms. The Morgan fingerprint density at radius 2 is 1.83 bits per heavy atom. The second kappa shape index (κ2) is 7.79. The average molecular weight is 331 g/mol. The van der Waals surface area contributed by atoms with Crippen LogP contribution >= 0.6 is 11.6 Å². The van der Waals surface area contributed by atoms with E-state index in [1.54, 1.807) is 24.3 Å². The summed E-state index contributed by atoms with van der Waals surface area (Å²) < 4.78 is 0. The standard InChI is InChI=1S/C18H19ClN2O2/c1-3-14-7-9-16(10-8-14)20-18(23)12-21(13(2)22)17-6-4-5-15(19)11-17/h4-11H,3,12H2,1-2H3,(H,20,23). The number of nitrogens with one attached hydrogen (secondary N) is 1. The zero-order valence-corrected chi connectivity index (χ0v) is 13.9. The number of hydrogen-bond acceptors (Lipinski definition) is 2. The number of carbonyl (C=O) groups excluding carboxylic acids is 2. The number of rotatable bonds is 5. The molecule has 23 heavy (non-hydrogen) atoms. The van der Waals surface area contributed by atoms with E-state index >= 15 is 0 Å². The summed E-state index contributed by atoms with van der Waals surface area (Å²) in [5.74, 6) is -0.479. The molecule has 2 aromatic carbocycles. The molecule has 0 saturated heterocycles. The minimum Gasteiger partial charge on any atom is -0.325 e. The topological polar surface area (TPSA) is 49.4 Å². The molecule has 0 aliphatic heterocycles. The highest BCUT2D eigenvalue weighted by Crippen LogP contribution is 2.20. The zero-order chi connectivity index (χ0) is 16.8. The first kappa shape index (κ1) is 17.0. The van der Waals surface area contributed by atoms with E-state index in [1.807, 2.05) is 24.3 Å². The summed E-state index contributed by atoms with van der Waals surface area (Å²) in [5, 5.41) is 3.32. The molecular weight excluding hydrogens is 312 g/mol. The van der Waals surface area contributed by atoms with Gasteiger partial charge in [0, 0.05) is 23.3 Å². The molecule has 0 heterocycles. The lowest BCUT2D eigenvalue weighted by Crippen LogP contribution is -2.36. The Labute approximate surface area is 141 Å². The Kier molecular flexibility index (Phi) is 5.77. The monoisotopic (exact) mass is 330 g/mol. The van der Waals surface area contributed by atoms with Gasteiger partial charge in [-0.2, -0.15) is 0 Å². The summed E-state index contributed by atoms with van der Waals surface area (Å²) in [7, 11) is 0. The van der Waals surface area contributed by atoms with Crippen molar-refractivity contribution >= 4 is 34.8 Å². The number of anilines is 2. The summed E-state index contributed by atoms with van der Waals surface area (Å²) in [6.07, 6.45) is 0.946. The highest BCUT2D eigenvalue weighted by Gasteiger charge is 2.16. The van der Waals surface area contributed by atoms with Crippen molar-refractivity contribution in [1.82, 2.24) is 0 Å². The van der Waals surface area contributed by atoms with Crippen molar-refractivity contribution in [1.29, 1.82) is 0 Å². The van der Waals surface area contributed by atoms with Crippen LogP contribution in [0.4, 0.5) is 11.4 Å². The number of benzene rings is 2. The second-order valence-corrected chi connectivity index (χ2v) is 5.62. The first-order chi connectivity index (χ1) is 11.0. The van der Waals surface area contributed by atoms with Crippen LogP contribution in [-0.4, -0.2) is 18.4 Å². The van der Waals surface area contributed by atoms with Gasteiger partial charge in [-0.1, -0.05) is 36.7 Å². The summed E-state index contributed by atoms with van der Waals surface area (Å²) >= 11 is 5.95. The van der Waals surface area contributed by atoms with Crippen LogP contribution in [0.25, 0.3) is 0 Å². The van der Waals surface area contributed by atoms with Gasteiger partial charge in [-0.05, 0) is 42.3 Å². The normalized spacial score (nSPS) is 10.2. The van der Waals surface area contributed by atoms with E-state index in [4.69, 9.17) is 11.6 Å². The Morgan fingerprint density at radius 1 is 1.13 bits per heavy atom. The van der Waals surface area contributed by atoms with Crippen molar-refractivity contribution in [3.63, 3.8) is 0 Å². The largest absolute Gasteiger partial charge is 0.325 e. The molecule has 1 N–H and O–H groups in total. The van der Waals surface area contributed by atoms with E-state index in [1.165, 1.54) is 17.4 Å². The number of amides is 2. The summed E-state index contributed by atoms with van der Waals surface area (Å²) in [4.78, 5) is 25.4. The van der Waals surface area contributed by atoms with Crippen LogP contribution in [0.5, 0.6) is 0 Å². The van der Waals surface area contributed by atoms with Crippen LogP contribution < -0.4 is 10.2 Å². The third-order valence-corrected chi connectivity index (χ3v) is 3.68. The SMILES string of the molecule is CCc1ccc(NC(=O)CN(C(C)=O)c2cccc(Cl)c2)cc1. The van der Waals surface area contributed by atoms with Crippen molar-refractivity contribution in [2.45, 2.75) is 20.3 Å².